The van der Waals surface area contributed by atoms with Gasteiger partial charge in [0.2, 0.25) is 5.91 Å². The Kier molecular flexibility index (Phi) is 4.08. The third-order valence-corrected chi connectivity index (χ3v) is 5.14. The number of hydrogen-bond donors (Lipinski definition) is 1. The fourth-order valence-corrected chi connectivity index (χ4v) is 4.25. The third-order valence-electron chi connectivity index (χ3n) is 5.14. The van der Waals surface area contributed by atoms with Gasteiger partial charge in [-0.25, -0.2) is 0 Å². The van der Waals surface area contributed by atoms with Crippen LogP contribution < -0.4 is 5.32 Å². The molecule has 4 heteroatoms. The van der Waals surface area contributed by atoms with Crippen molar-refractivity contribution < 1.29 is 4.79 Å². The summed E-state index contributed by atoms with van der Waals surface area (Å²) >= 11 is 0. The van der Waals surface area contributed by atoms with Gasteiger partial charge in [0, 0.05) is 25.2 Å². The SMILES string of the molecule is CCNC1CCCN(C2CCN3CCCCC23)C1=O. The number of nitrogens with zero attached hydrogens (tertiary/aromatic N) is 2. The van der Waals surface area contributed by atoms with Crippen LogP contribution in [-0.4, -0.2) is 60.0 Å². The van der Waals surface area contributed by atoms with Crippen LogP contribution in [-0.2, 0) is 4.79 Å². The number of fused-ring (bicyclic) bond motifs is 1. The number of rotatable bonds is 3. The molecule has 3 aliphatic heterocycles. The molecule has 3 atom stereocenters. The first-order valence-corrected chi connectivity index (χ1v) is 8.09. The molecule has 3 saturated heterocycles. The molecule has 3 heterocycles. The van der Waals surface area contributed by atoms with Gasteiger partial charge in [0.25, 0.3) is 0 Å². The van der Waals surface area contributed by atoms with Crippen molar-refractivity contribution in [3.63, 3.8) is 0 Å². The smallest absolute Gasteiger partial charge is 0.240 e. The van der Waals surface area contributed by atoms with E-state index >= 15 is 0 Å². The Morgan fingerprint density at radius 2 is 1.95 bits per heavy atom. The van der Waals surface area contributed by atoms with Crippen molar-refractivity contribution in [1.29, 1.82) is 0 Å². The summed E-state index contributed by atoms with van der Waals surface area (Å²) in [6.07, 6.45) is 7.35. The molecule has 0 spiro atoms. The van der Waals surface area contributed by atoms with Crippen LogP contribution in [0, 0.1) is 0 Å². The Bertz CT molecular complexity index is 331. The van der Waals surface area contributed by atoms with Crippen LogP contribution in [0.3, 0.4) is 0 Å². The second-order valence-corrected chi connectivity index (χ2v) is 6.24. The van der Waals surface area contributed by atoms with E-state index in [4.69, 9.17) is 0 Å². The number of likely N-dealkylation sites (N-methyl/N-ethyl adjacent to an activating group) is 1. The van der Waals surface area contributed by atoms with Crippen molar-refractivity contribution in [2.24, 2.45) is 0 Å². The zero-order chi connectivity index (χ0) is 13.2. The van der Waals surface area contributed by atoms with E-state index in [1.165, 1.54) is 38.8 Å². The van der Waals surface area contributed by atoms with E-state index in [2.05, 4.69) is 22.0 Å². The molecule has 0 aromatic rings. The lowest BCUT2D eigenvalue weighted by Crippen LogP contribution is -2.57. The summed E-state index contributed by atoms with van der Waals surface area (Å²) in [7, 11) is 0. The molecule has 19 heavy (non-hydrogen) atoms. The molecule has 0 aliphatic carbocycles. The van der Waals surface area contributed by atoms with Gasteiger partial charge in [-0.2, -0.15) is 0 Å². The second-order valence-electron chi connectivity index (χ2n) is 6.24. The minimum Gasteiger partial charge on any atom is -0.337 e. The number of amides is 1. The molecule has 3 aliphatic rings. The standard InChI is InChI=1S/C15H27N3O/c1-2-16-12-6-5-10-18(15(12)19)14-8-11-17-9-4-3-7-13(14)17/h12-14,16H,2-11H2,1H3. The van der Waals surface area contributed by atoms with Gasteiger partial charge in [-0.15, -0.1) is 0 Å². The third kappa shape index (κ3) is 2.52. The molecule has 0 bridgehead atoms. The molecule has 108 valence electrons. The number of piperidine rings is 2. The maximum atomic E-state index is 12.6. The fourth-order valence-electron chi connectivity index (χ4n) is 4.25. The quantitative estimate of drug-likeness (QED) is 0.833. The van der Waals surface area contributed by atoms with Crippen molar-refractivity contribution in [3.05, 3.63) is 0 Å². The van der Waals surface area contributed by atoms with Crippen LogP contribution in [0.25, 0.3) is 0 Å². The molecule has 4 nitrogen and oxygen atoms in total. The highest BCUT2D eigenvalue weighted by atomic mass is 16.2. The van der Waals surface area contributed by atoms with Crippen molar-refractivity contribution in [1.82, 2.24) is 15.1 Å². The zero-order valence-corrected chi connectivity index (χ0v) is 12.1. The molecular weight excluding hydrogens is 238 g/mol. The van der Waals surface area contributed by atoms with Crippen molar-refractivity contribution in [2.75, 3.05) is 26.2 Å². The normalized spacial score (nSPS) is 36.6. The summed E-state index contributed by atoms with van der Waals surface area (Å²) < 4.78 is 0. The maximum absolute atomic E-state index is 12.6. The van der Waals surface area contributed by atoms with Crippen LogP contribution in [0.15, 0.2) is 0 Å². The van der Waals surface area contributed by atoms with E-state index in [1.54, 1.807) is 0 Å². The van der Waals surface area contributed by atoms with E-state index in [0.29, 0.717) is 18.0 Å². The van der Waals surface area contributed by atoms with Crippen LogP contribution in [0.4, 0.5) is 0 Å². The van der Waals surface area contributed by atoms with Gasteiger partial charge in [0.1, 0.15) is 0 Å². The number of carbonyl (C=O) groups is 1. The highest BCUT2D eigenvalue weighted by Crippen LogP contribution is 2.32. The summed E-state index contributed by atoms with van der Waals surface area (Å²) in [5.74, 6) is 0.366. The van der Waals surface area contributed by atoms with Crippen molar-refractivity contribution in [2.45, 2.75) is 63.6 Å². The first-order chi connectivity index (χ1) is 9.31. The van der Waals surface area contributed by atoms with Gasteiger partial charge in [-0.05, 0) is 45.2 Å². The van der Waals surface area contributed by atoms with Gasteiger partial charge < -0.3 is 10.2 Å². The van der Waals surface area contributed by atoms with Gasteiger partial charge in [0.05, 0.1) is 6.04 Å². The summed E-state index contributed by atoms with van der Waals surface area (Å²) in [5.41, 5.74) is 0. The van der Waals surface area contributed by atoms with Gasteiger partial charge in [-0.3, -0.25) is 9.69 Å². The lowest BCUT2D eigenvalue weighted by Gasteiger charge is -2.41. The molecule has 0 saturated carbocycles. The predicted octanol–water partition coefficient (Wildman–Crippen LogP) is 1.21. The number of hydrogen-bond acceptors (Lipinski definition) is 3. The van der Waals surface area contributed by atoms with Crippen molar-refractivity contribution in [3.8, 4) is 0 Å². The molecule has 0 aromatic heterocycles. The minimum atomic E-state index is 0.0800. The Morgan fingerprint density at radius 3 is 2.79 bits per heavy atom. The maximum Gasteiger partial charge on any atom is 0.240 e. The van der Waals surface area contributed by atoms with E-state index in [-0.39, 0.29) is 6.04 Å². The summed E-state index contributed by atoms with van der Waals surface area (Å²) in [4.78, 5) is 17.5. The molecule has 3 unspecified atom stereocenters. The van der Waals surface area contributed by atoms with Gasteiger partial charge >= 0.3 is 0 Å². The largest absolute Gasteiger partial charge is 0.337 e. The first kappa shape index (κ1) is 13.4. The second kappa shape index (κ2) is 5.80. The Balaban J connectivity index is 1.69. The number of likely N-dealkylation sites (tertiary alicyclic amines) is 1. The molecular formula is C15H27N3O. The average Bonchev–Trinajstić information content (AvgIpc) is 2.85. The topological polar surface area (TPSA) is 35.6 Å². The lowest BCUT2D eigenvalue weighted by molar-refractivity contribution is -0.139. The number of carbonyl (C=O) groups excluding carboxylic acids is 1. The molecule has 0 radical (unpaired) electrons. The summed E-state index contributed by atoms with van der Waals surface area (Å²) in [6, 6.07) is 1.23. The predicted molar refractivity (Wildman–Crippen MR) is 76.0 cm³/mol. The Labute approximate surface area is 116 Å². The Hall–Kier alpha value is -0.610. The average molecular weight is 265 g/mol. The van der Waals surface area contributed by atoms with Crippen LogP contribution >= 0.6 is 0 Å². The molecule has 0 aromatic carbocycles. The zero-order valence-electron chi connectivity index (χ0n) is 12.1. The van der Waals surface area contributed by atoms with Crippen LogP contribution in [0.2, 0.25) is 0 Å². The van der Waals surface area contributed by atoms with Gasteiger partial charge in [-0.1, -0.05) is 13.3 Å². The van der Waals surface area contributed by atoms with E-state index in [1.807, 2.05) is 0 Å². The highest BCUT2D eigenvalue weighted by Gasteiger charge is 2.42. The van der Waals surface area contributed by atoms with Gasteiger partial charge in [0.15, 0.2) is 0 Å². The van der Waals surface area contributed by atoms with E-state index < -0.39 is 0 Å². The Morgan fingerprint density at radius 1 is 1.05 bits per heavy atom. The highest BCUT2D eigenvalue weighted by molar-refractivity contribution is 5.83. The van der Waals surface area contributed by atoms with Crippen LogP contribution in [0.1, 0.15) is 45.4 Å². The van der Waals surface area contributed by atoms with Crippen molar-refractivity contribution >= 4 is 5.91 Å². The van der Waals surface area contributed by atoms with Crippen LogP contribution in [0.5, 0.6) is 0 Å². The molecule has 1 N–H and O–H groups in total. The molecule has 3 fully saturated rings. The fraction of sp³-hybridized carbons (Fsp3) is 0.933. The first-order valence-electron chi connectivity index (χ1n) is 8.09. The lowest BCUT2D eigenvalue weighted by atomic mass is 9.94. The monoisotopic (exact) mass is 265 g/mol. The van der Waals surface area contributed by atoms with E-state index in [9.17, 15) is 4.79 Å². The summed E-state index contributed by atoms with van der Waals surface area (Å²) in [5, 5.41) is 3.35. The molecule has 3 rings (SSSR count). The van der Waals surface area contributed by atoms with E-state index in [0.717, 1.165) is 25.9 Å². The summed E-state index contributed by atoms with van der Waals surface area (Å²) in [6.45, 7) is 6.41. The number of nitrogens with one attached hydrogen (secondary N) is 1. The minimum absolute atomic E-state index is 0.0800. The molecule has 1 amide bonds.